The number of ether oxygens (including phenoxy) is 2. The van der Waals surface area contributed by atoms with Crippen LogP contribution in [0.15, 0.2) is 42.5 Å². The van der Waals surface area contributed by atoms with E-state index in [0.717, 1.165) is 0 Å². The molecule has 2 rings (SSSR count). The van der Waals surface area contributed by atoms with Crippen molar-refractivity contribution >= 4 is 29.1 Å². The maximum absolute atomic E-state index is 12.4. The summed E-state index contributed by atoms with van der Waals surface area (Å²) in [4.78, 5) is 36.4. The highest BCUT2D eigenvalue weighted by molar-refractivity contribution is 5.99. The van der Waals surface area contributed by atoms with Crippen molar-refractivity contribution in [2.45, 2.75) is 34.1 Å². The van der Waals surface area contributed by atoms with Crippen LogP contribution >= 0.6 is 0 Å². The zero-order valence-electron chi connectivity index (χ0n) is 19.0. The topological polar surface area (TPSA) is 106 Å². The maximum Gasteiger partial charge on any atom is 0.251 e. The second-order valence-corrected chi connectivity index (χ2v) is 7.48. The van der Waals surface area contributed by atoms with Gasteiger partial charge in [-0.05, 0) is 62.2 Å². The number of carbonyl (C=O) groups excluding carboxylic acids is 3. The van der Waals surface area contributed by atoms with Gasteiger partial charge in [0.05, 0.1) is 19.8 Å². The Morgan fingerprint density at radius 3 is 1.94 bits per heavy atom. The van der Waals surface area contributed by atoms with Gasteiger partial charge in [-0.1, -0.05) is 13.8 Å². The Morgan fingerprint density at radius 2 is 1.38 bits per heavy atom. The minimum absolute atomic E-state index is 0.0544. The first-order valence-electron chi connectivity index (χ1n) is 10.7. The van der Waals surface area contributed by atoms with Gasteiger partial charge in [0.2, 0.25) is 11.8 Å². The van der Waals surface area contributed by atoms with Crippen LogP contribution in [-0.4, -0.2) is 37.5 Å². The molecule has 0 unspecified atom stereocenters. The number of hydrogen-bond donors (Lipinski definition) is 3. The van der Waals surface area contributed by atoms with Crippen molar-refractivity contribution in [3.63, 3.8) is 0 Å². The highest BCUT2D eigenvalue weighted by Crippen LogP contribution is 2.28. The summed E-state index contributed by atoms with van der Waals surface area (Å²) in [5.41, 5.74) is 1.58. The van der Waals surface area contributed by atoms with Crippen LogP contribution in [0.2, 0.25) is 0 Å². The first kappa shape index (κ1) is 24.7. The zero-order valence-corrected chi connectivity index (χ0v) is 19.0. The fourth-order valence-corrected chi connectivity index (χ4v) is 2.88. The lowest BCUT2D eigenvalue weighted by Gasteiger charge is -2.12. The number of benzene rings is 2. The van der Waals surface area contributed by atoms with Crippen LogP contribution in [0.1, 0.15) is 44.5 Å². The molecule has 2 aromatic carbocycles. The van der Waals surface area contributed by atoms with Crippen molar-refractivity contribution in [2.24, 2.45) is 5.92 Å². The van der Waals surface area contributed by atoms with Crippen LogP contribution in [0.25, 0.3) is 0 Å². The quantitative estimate of drug-likeness (QED) is 0.491. The molecule has 0 saturated carbocycles. The van der Waals surface area contributed by atoms with Gasteiger partial charge >= 0.3 is 0 Å². The minimum Gasteiger partial charge on any atom is -0.490 e. The van der Waals surface area contributed by atoms with E-state index in [-0.39, 0.29) is 24.3 Å². The molecule has 8 nitrogen and oxygen atoms in total. The van der Waals surface area contributed by atoms with Crippen molar-refractivity contribution in [3.05, 3.63) is 48.0 Å². The van der Waals surface area contributed by atoms with Crippen molar-refractivity contribution < 1.29 is 23.9 Å². The smallest absolute Gasteiger partial charge is 0.251 e. The summed E-state index contributed by atoms with van der Waals surface area (Å²) in [5.74, 6) is 0.496. The molecule has 3 N–H and O–H groups in total. The molecule has 0 aliphatic rings. The van der Waals surface area contributed by atoms with Gasteiger partial charge in [-0.15, -0.1) is 0 Å². The molecule has 8 heteroatoms. The third-order valence-electron chi connectivity index (χ3n) is 4.26. The molecule has 0 aromatic heterocycles. The van der Waals surface area contributed by atoms with E-state index in [0.29, 0.717) is 48.1 Å². The molecule has 0 spiro atoms. The molecule has 172 valence electrons. The summed E-state index contributed by atoms with van der Waals surface area (Å²) in [6.07, 6.45) is 0.443. The van der Waals surface area contributed by atoms with Gasteiger partial charge in [0.1, 0.15) is 0 Å². The summed E-state index contributed by atoms with van der Waals surface area (Å²) >= 11 is 0. The maximum atomic E-state index is 12.4. The summed E-state index contributed by atoms with van der Waals surface area (Å²) in [6, 6.07) is 11.7. The van der Waals surface area contributed by atoms with Gasteiger partial charge < -0.3 is 25.4 Å². The Labute approximate surface area is 188 Å². The number of hydrogen-bond acceptors (Lipinski definition) is 5. The van der Waals surface area contributed by atoms with E-state index in [1.54, 1.807) is 42.5 Å². The predicted molar refractivity (Wildman–Crippen MR) is 124 cm³/mol. The standard InChI is InChI=1S/C24H31N3O5/c1-5-31-20-12-7-17(14-21(20)32-6-2)24(30)25-15-23(29)27-19-10-8-18(9-11-19)26-22(28)13-16(3)4/h7-12,14,16H,5-6,13,15H2,1-4H3,(H,25,30)(H,26,28)(H,27,29). The average molecular weight is 442 g/mol. The molecule has 0 aliphatic carbocycles. The van der Waals surface area contributed by atoms with E-state index in [1.165, 1.54) is 0 Å². The van der Waals surface area contributed by atoms with E-state index in [1.807, 2.05) is 27.7 Å². The normalized spacial score (nSPS) is 10.4. The van der Waals surface area contributed by atoms with Crippen molar-refractivity contribution in [1.82, 2.24) is 5.32 Å². The third kappa shape index (κ3) is 7.94. The van der Waals surface area contributed by atoms with Crippen molar-refractivity contribution in [2.75, 3.05) is 30.4 Å². The first-order chi connectivity index (χ1) is 15.3. The van der Waals surface area contributed by atoms with Gasteiger partial charge in [-0.25, -0.2) is 0 Å². The minimum atomic E-state index is -0.396. The van der Waals surface area contributed by atoms with Crippen LogP contribution in [0.3, 0.4) is 0 Å². The number of carbonyl (C=O) groups is 3. The summed E-state index contributed by atoms with van der Waals surface area (Å²) in [5, 5.41) is 8.11. The van der Waals surface area contributed by atoms with Crippen molar-refractivity contribution in [3.8, 4) is 11.5 Å². The molecule has 2 aromatic rings. The highest BCUT2D eigenvalue weighted by atomic mass is 16.5. The monoisotopic (exact) mass is 441 g/mol. The Bertz CT molecular complexity index is 926. The number of rotatable bonds is 11. The Morgan fingerprint density at radius 1 is 0.812 bits per heavy atom. The second kappa shape index (κ2) is 12.3. The first-order valence-corrected chi connectivity index (χ1v) is 10.7. The van der Waals surface area contributed by atoms with Gasteiger partial charge in [-0.3, -0.25) is 14.4 Å². The van der Waals surface area contributed by atoms with Crippen LogP contribution in [0.4, 0.5) is 11.4 Å². The molecule has 32 heavy (non-hydrogen) atoms. The van der Waals surface area contributed by atoms with E-state index < -0.39 is 5.91 Å². The molecule has 0 fully saturated rings. The van der Waals surface area contributed by atoms with Crippen LogP contribution < -0.4 is 25.4 Å². The summed E-state index contributed by atoms with van der Waals surface area (Å²) in [6.45, 7) is 8.40. The molecule has 0 aliphatic heterocycles. The molecule has 0 heterocycles. The molecule has 3 amide bonds. The molecule has 0 saturated heterocycles. The fraction of sp³-hybridized carbons (Fsp3) is 0.375. The SMILES string of the molecule is CCOc1ccc(C(=O)NCC(=O)Nc2ccc(NC(=O)CC(C)C)cc2)cc1OCC. The molecular weight excluding hydrogens is 410 g/mol. The Kier molecular flexibility index (Phi) is 9.53. The van der Waals surface area contributed by atoms with E-state index in [4.69, 9.17) is 9.47 Å². The zero-order chi connectivity index (χ0) is 23.5. The molecule has 0 atom stereocenters. The molecule has 0 radical (unpaired) electrons. The second-order valence-electron chi connectivity index (χ2n) is 7.48. The van der Waals surface area contributed by atoms with E-state index >= 15 is 0 Å². The largest absolute Gasteiger partial charge is 0.490 e. The Balaban J connectivity index is 1.88. The van der Waals surface area contributed by atoms with E-state index in [9.17, 15) is 14.4 Å². The average Bonchev–Trinajstić information content (AvgIpc) is 2.74. The lowest BCUT2D eigenvalue weighted by molar-refractivity contribution is -0.117. The van der Waals surface area contributed by atoms with Crippen LogP contribution in [0, 0.1) is 5.92 Å². The van der Waals surface area contributed by atoms with Gasteiger partial charge in [0, 0.05) is 23.4 Å². The molecule has 0 bridgehead atoms. The van der Waals surface area contributed by atoms with Crippen LogP contribution in [-0.2, 0) is 9.59 Å². The summed E-state index contributed by atoms with van der Waals surface area (Å²) in [7, 11) is 0. The fourth-order valence-electron chi connectivity index (χ4n) is 2.88. The van der Waals surface area contributed by atoms with E-state index in [2.05, 4.69) is 16.0 Å². The predicted octanol–water partition coefficient (Wildman–Crippen LogP) is 3.84. The number of amides is 3. The Hall–Kier alpha value is -3.55. The van der Waals surface area contributed by atoms with Crippen molar-refractivity contribution in [1.29, 1.82) is 0 Å². The third-order valence-corrected chi connectivity index (χ3v) is 4.26. The number of anilines is 2. The van der Waals surface area contributed by atoms with Crippen LogP contribution in [0.5, 0.6) is 11.5 Å². The summed E-state index contributed by atoms with van der Waals surface area (Å²) < 4.78 is 11.0. The lowest BCUT2D eigenvalue weighted by Crippen LogP contribution is -2.32. The molecular formula is C24H31N3O5. The van der Waals surface area contributed by atoms with Gasteiger partial charge in [-0.2, -0.15) is 0 Å². The lowest BCUT2D eigenvalue weighted by atomic mass is 10.1. The number of nitrogens with one attached hydrogen (secondary N) is 3. The van der Waals surface area contributed by atoms with Gasteiger partial charge in [0.15, 0.2) is 11.5 Å². The van der Waals surface area contributed by atoms with Gasteiger partial charge in [0.25, 0.3) is 5.91 Å². The highest BCUT2D eigenvalue weighted by Gasteiger charge is 2.13.